The molecular formula is C21H23F3N6O2. The highest BCUT2D eigenvalue weighted by molar-refractivity contribution is 5.76. The molecule has 11 heteroatoms. The van der Waals surface area contributed by atoms with Crippen LogP contribution in [0.2, 0.25) is 0 Å². The van der Waals surface area contributed by atoms with Crippen molar-refractivity contribution in [1.29, 1.82) is 0 Å². The average molecular weight is 452 g/mol. The molecule has 1 saturated carbocycles. The van der Waals surface area contributed by atoms with Crippen LogP contribution in [-0.2, 0) is 4.74 Å². The van der Waals surface area contributed by atoms with Crippen LogP contribution in [0, 0.1) is 17.5 Å². The van der Waals surface area contributed by atoms with Crippen molar-refractivity contribution in [3.8, 4) is 0 Å². The Bertz CT molecular complexity index is 1270. The first-order valence-electron chi connectivity index (χ1n) is 12.3. The Morgan fingerprint density at radius 3 is 2.56 bits per heavy atom. The minimum Gasteiger partial charge on any atom is -0.393 e. The minimum absolute atomic E-state index is 0.00924. The van der Waals surface area contributed by atoms with Crippen LogP contribution in [0.3, 0.4) is 0 Å². The van der Waals surface area contributed by atoms with E-state index in [-0.39, 0.29) is 35.2 Å². The predicted molar refractivity (Wildman–Crippen MR) is 111 cm³/mol. The minimum atomic E-state index is -2.39. The first kappa shape index (κ1) is 16.7. The Balaban J connectivity index is 1.60. The monoisotopic (exact) mass is 452 g/mol. The lowest BCUT2D eigenvalue weighted by molar-refractivity contribution is 0.126. The molecule has 2 fully saturated rings. The molecule has 1 aliphatic carbocycles. The van der Waals surface area contributed by atoms with Crippen molar-refractivity contribution in [3.05, 3.63) is 35.8 Å². The van der Waals surface area contributed by atoms with Crippen LogP contribution in [0.25, 0.3) is 11.2 Å². The summed E-state index contributed by atoms with van der Waals surface area (Å²) in [5, 5.41) is 15.3. The van der Waals surface area contributed by atoms with Gasteiger partial charge in [-0.3, -0.25) is 4.57 Å². The van der Waals surface area contributed by atoms with Gasteiger partial charge in [-0.05, 0) is 32.1 Å². The van der Waals surface area contributed by atoms with Gasteiger partial charge >= 0.3 is 0 Å². The van der Waals surface area contributed by atoms with Gasteiger partial charge in [-0.15, -0.1) is 0 Å². The fourth-order valence-electron chi connectivity index (χ4n) is 3.89. The lowest BCUT2D eigenvalue weighted by atomic mass is 9.93. The molecule has 170 valence electrons. The van der Waals surface area contributed by atoms with Gasteiger partial charge in [-0.1, -0.05) is 0 Å². The van der Waals surface area contributed by atoms with Gasteiger partial charge in [0.1, 0.15) is 17.0 Å². The third-order valence-corrected chi connectivity index (χ3v) is 5.50. The molecular weight excluding hydrogens is 425 g/mol. The van der Waals surface area contributed by atoms with Gasteiger partial charge < -0.3 is 20.5 Å². The van der Waals surface area contributed by atoms with Crippen molar-refractivity contribution in [1.82, 2.24) is 19.5 Å². The second kappa shape index (κ2) is 8.55. The number of imidazole rings is 1. The standard InChI is InChI=1S/C21H23F3N6O2/c22-11-7-15(23)18(16(24)8-11)28-21-27-17-9-25-20(26-12-1-3-14(31)4-2-12)29-19(17)30(21)13-5-6-32-10-13/h7-9,12-14,31H,1-6,10H2,(H,27,28)(H,25,26,29)/i5D2,6D,10D. The Kier molecular flexibility index (Phi) is 4.45. The van der Waals surface area contributed by atoms with Gasteiger partial charge in [0.25, 0.3) is 0 Å². The van der Waals surface area contributed by atoms with E-state index in [1.807, 2.05) is 0 Å². The molecule has 32 heavy (non-hydrogen) atoms. The van der Waals surface area contributed by atoms with Crippen LogP contribution in [0.4, 0.5) is 30.8 Å². The molecule has 3 aromatic rings. The number of benzene rings is 1. The van der Waals surface area contributed by atoms with E-state index in [1.54, 1.807) is 0 Å². The number of hydrogen-bond acceptors (Lipinski definition) is 7. The first-order valence-corrected chi connectivity index (χ1v) is 10.2. The van der Waals surface area contributed by atoms with Gasteiger partial charge in [-0.2, -0.15) is 4.98 Å². The van der Waals surface area contributed by atoms with Crippen LogP contribution in [0.5, 0.6) is 0 Å². The maximum Gasteiger partial charge on any atom is 0.224 e. The van der Waals surface area contributed by atoms with Gasteiger partial charge in [0.05, 0.1) is 27.7 Å². The average Bonchev–Trinajstić information content (AvgIpc) is 3.24. The molecule has 0 spiro atoms. The molecule has 3 heterocycles. The number of hydrogen-bond donors (Lipinski definition) is 3. The molecule has 1 saturated heterocycles. The fourth-order valence-corrected chi connectivity index (χ4v) is 3.89. The van der Waals surface area contributed by atoms with Crippen LogP contribution in [0.15, 0.2) is 18.3 Å². The van der Waals surface area contributed by atoms with E-state index < -0.39 is 48.7 Å². The zero-order chi connectivity index (χ0) is 25.8. The van der Waals surface area contributed by atoms with Gasteiger partial charge in [-0.25, -0.2) is 23.1 Å². The van der Waals surface area contributed by atoms with E-state index in [0.29, 0.717) is 37.8 Å². The van der Waals surface area contributed by atoms with E-state index in [9.17, 15) is 18.3 Å². The number of aliphatic hydroxyl groups is 1. The summed E-state index contributed by atoms with van der Waals surface area (Å²) < 4.78 is 81.4. The van der Waals surface area contributed by atoms with Crippen molar-refractivity contribution < 1.29 is 28.5 Å². The Morgan fingerprint density at radius 1 is 1.12 bits per heavy atom. The molecule has 2 aromatic heterocycles. The van der Waals surface area contributed by atoms with E-state index >= 15 is 0 Å². The summed E-state index contributed by atoms with van der Waals surface area (Å²) >= 11 is 0. The highest BCUT2D eigenvalue weighted by atomic mass is 19.1. The number of anilines is 3. The van der Waals surface area contributed by atoms with E-state index in [0.717, 1.165) is 4.57 Å². The smallest absolute Gasteiger partial charge is 0.224 e. The third-order valence-electron chi connectivity index (χ3n) is 5.50. The Labute approximate surface area is 187 Å². The molecule has 3 unspecified atom stereocenters. The molecule has 2 aliphatic rings. The predicted octanol–water partition coefficient (Wildman–Crippen LogP) is 3.66. The van der Waals surface area contributed by atoms with Crippen molar-refractivity contribution >= 4 is 28.7 Å². The summed E-state index contributed by atoms with van der Waals surface area (Å²) in [4.78, 5) is 12.9. The topological polar surface area (TPSA) is 97.1 Å². The molecule has 1 aliphatic heterocycles. The molecule has 3 N–H and O–H groups in total. The lowest BCUT2D eigenvalue weighted by Gasteiger charge is -2.26. The molecule has 8 nitrogen and oxygen atoms in total. The fraction of sp³-hybridized carbons (Fsp3) is 0.476. The quantitative estimate of drug-likeness (QED) is 0.544. The zero-order valence-electron chi connectivity index (χ0n) is 20.7. The van der Waals surface area contributed by atoms with Crippen molar-refractivity contribution in [3.63, 3.8) is 0 Å². The molecule has 5 rings (SSSR count). The van der Waals surface area contributed by atoms with Gasteiger partial charge in [0.15, 0.2) is 17.3 Å². The van der Waals surface area contributed by atoms with Crippen LogP contribution in [-0.4, -0.2) is 49.9 Å². The molecule has 0 radical (unpaired) electrons. The summed E-state index contributed by atoms with van der Waals surface area (Å²) in [6.45, 7) is -3.27. The largest absolute Gasteiger partial charge is 0.393 e. The zero-order valence-corrected chi connectivity index (χ0v) is 16.7. The molecule has 1 aromatic carbocycles. The number of aliphatic hydroxyl groups excluding tert-OH is 1. The second-order valence-corrected chi connectivity index (χ2v) is 7.73. The second-order valence-electron chi connectivity index (χ2n) is 7.73. The van der Waals surface area contributed by atoms with Crippen molar-refractivity contribution in [2.45, 2.75) is 50.2 Å². The van der Waals surface area contributed by atoms with Crippen LogP contribution in [0.1, 0.15) is 43.6 Å². The summed E-state index contributed by atoms with van der Waals surface area (Å²) in [7, 11) is 0. The Hall–Kier alpha value is -2.92. The highest BCUT2D eigenvalue weighted by Crippen LogP contribution is 2.32. The first-order chi connectivity index (χ1) is 17.0. The molecule has 3 atom stereocenters. The van der Waals surface area contributed by atoms with E-state index in [4.69, 9.17) is 10.2 Å². The lowest BCUT2D eigenvalue weighted by Crippen LogP contribution is -2.29. The maximum atomic E-state index is 14.4. The number of nitrogens with one attached hydrogen (secondary N) is 2. The summed E-state index contributed by atoms with van der Waals surface area (Å²) in [6.07, 6.45) is 1.19. The number of rotatable bonds is 5. The summed E-state index contributed by atoms with van der Waals surface area (Å²) in [6, 6.07) is -0.518. The van der Waals surface area contributed by atoms with Crippen LogP contribution >= 0.6 is 0 Å². The van der Waals surface area contributed by atoms with Crippen LogP contribution < -0.4 is 10.6 Å². The van der Waals surface area contributed by atoms with E-state index in [1.165, 1.54) is 6.20 Å². The molecule has 0 bridgehead atoms. The number of halogens is 3. The summed E-state index contributed by atoms with van der Waals surface area (Å²) in [5.41, 5.74) is -0.567. The highest BCUT2D eigenvalue weighted by Gasteiger charge is 2.27. The van der Waals surface area contributed by atoms with Gasteiger partial charge in [0, 0.05) is 27.5 Å². The SMILES string of the molecule is [2H]C1OC([2H])C([2H])([2H])C1n1c(Nc2c(F)cc(F)cc2F)nc2cnc(NC3CCC(O)CC3)nc21. The molecule has 0 amide bonds. The normalized spacial score (nSPS) is 31.6. The number of ether oxygens (including phenoxy) is 1. The Morgan fingerprint density at radius 2 is 1.88 bits per heavy atom. The maximum absolute atomic E-state index is 14.4. The summed E-state index contributed by atoms with van der Waals surface area (Å²) in [5.74, 6) is -3.72. The van der Waals surface area contributed by atoms with Gasteiger partial charge in [0.2, 0.25) is 11.9 Å². The third kappa shape index (κ3) is 4.09. The van der Waals surface area contributed by atoms with Crippen molar-refractivity contribution in [2.24, 2.45) is 0 Å². The van der Waals surface area contributed by atoms with E-state index in [2.05, 4.69) is 25.6 Å². The number of fused-ring (bicyclic) bond motifs is 1. The number of nitrogens with zero attached hydrogens (tertiary/aromatic N) is 4. The van der Waals surface area contributed by atoms with Crippen molar-refractivity contribution in [2.75, 3.05) is 23.8 Å². The number of aromatic nitrogens is 4.